The van der Waals surface area contributed by atoms with Gasteiger partial charge >= 0.3 is 5.97 Å². The van der Waals surface area contributed by atoms with Crippen molar-refractivity contribution in [3.63, 3.8) is 0 Å². The molecule has 0 N–H and O–H groups in total. The molecule has 0 spiro atoms. The van der Waals surface area contributed by atoms with Gasteiger partial charge in [0.15, 0.2) is 0 Å². The van der Waals surface area contributed by atoms with E-state index < -0.39 is 6.04 Å². The molecule has 0 saturated heterocycles. The molecule has 4 heteroatoms. The predicted molar refractivity (Wildman–Crippen MR) is 71.6 cm³/mol. The van der Waals surface area contributed by atoms with Gasteiger partial charge in [-0.15, -0.1) is 0 Å². The molecule has 1 aromatic rings. The molecule has 1 aliphatic heterocycles. The Bertz CT molecular complexity index is 496. The van der Waals surface area contributed by atoms with Gasteiger partial charge in [-0.1, -0.05) is 32.0 Å². The van der Waals surface area contributed by atoms with Crippen LogP contribution in [0.3, 0.4) is 0 Å². The fraction of sp³-hybridized carbons (Fsp3) is 0.467. The van der Waals surface area contributed by atoms with Crippen LogP contribution in [0.1, 0.15) is 36.2 Å². The van der Waals surface area contributed by atoms with E-state index in [1.165, 1.54) is 7.11 Å². The van der Waals surface area contributed by atoms with Gasteiger partial charge in [-0.05, 0) is 24.0 Å². The first kappa shape index (κ1) is 13.6. The SMILES string of the molecule is COC(=O)[C@@H](CC(C)C)N1Cc2ccccc2C1=O. The fourth-order valence-corrected chi connectivity index (χ4v) is 2.46. The Morgan fingerprint density at radius 2 is 2.05 bits per heavy atom. The quantitative estimate of drug-likeness (QED) is 0.781. The lowest BCUT2D eigenvalue weighted by atomic mass is 10.0. The lowest BCUT2D eigenvalue weighted by molar-refractivity contribution is -0.146. The number of fused-ring (bicyclic) bond motifs is 1. The maximum atomic E-state index is 12.4. The van der Waals surface area contributed by atoms with E-state index in [0.29, 0.717) is 24.4 Å². The van der Waals surface area contributed by atoms with Gasteiger partial charge in [-0.3, -0.25) is 4.79 Å². The van der Waals surface area contributed by atoms with Crippen molar-refractivity contribution in [1.82, 2.24) is 4.90 Å². The lowest BCUT2D eigenvalue weighted by Gasteiger charge is -2.26. The number of carbonyl (C=O) groups is 2. The summed E-state index contributed by atoms with van der Waals surface area (Å²) in [5, 5.41) is 0. The van der Waals surface area contributed by atoms with E-state index in [-0.39, 0.29) is 11.9 Å². The highest BCUT2D eigenvalue weighted by Gasteiger charge is 2.36. The van der Waals surface area contributed by atoms with Crippen molar-refractivity contribution in [2.45, 2.75) is 32.9 Å². The molecule has 0 aliphatic carbocycles. The van der Waals surface area contributed by atoms with E-state index in [4.69, 9.17) is 4.74 Å². The highest BCUT2D eigenvalue weighted by molar-refractivity contribution is 6.00. The maximum Gasteiger partial charge on any atom is 0.328 e. The zero-order valence-electron chi connectivity index (χ0n) is 11.6. The molecule has 19 heavy (non-hydrogen) atoms. The monoisotopic (exact) mass is 261 g/mol. The zero-order chi connectivity index (χ0) is 14.0. The predicted octanol–water partition coefficient (Wildman–Crippen LogP) is 2.23. The van der Waals surface area contributed by atoms with Gasteiger partial charge in [-0.25, -0.2) is 4.79 Å². The zero-order valence-corrected chi connectivity index (χ0v) is 11.6. The second-order valence-electron chi connectivity index (χ2n) is 5.26. The van der Waals surface area contributed by atoms with Crippen molar-refractivity contribution in [2.24, 2.45) is 5.92 Å². The van der Waals surface area contributed by atoms with Crippen LogP contribution < -0.4 is 0 Å². The Balaban J connectivity index is 2.26. The smallest absolute Gasteiger partial charge is 0.328 e. The molecule has 1 atom stereocenters. The Hall–Kier alpha value is -1.84. The topological polar surface area (TPSA) is 46.6 Å². The average molecular weight is 261 g/mol. The molecular weight excluding hydrogens is 242 g/mol. The van der Waals surface area contributed by atoms with Crippen LogP contribution in [0.5, 0.6) is 0 Å². The number of methoxy groups -OCH3 is 1. The highest BCUT2D eigenvalue weighted by atomic mass is 16.5. The standard InChI is InChI=1S/C15H19NO3/c1-10(2)8-13(15(18)19-3)16-9-11-6-4-5-7-12(11)14(16)17/h4-7,10,13H,8-9H2,1-3H3/t13-/m1/s1. The molecule has 1 aromatic carbocycles. The number of nitrogens with zero attached hydrogens (tertiary/aromatic N) is 1. The van der Waals surface area contributed by atoms with Crippen LogP contribution >= 0.6 is 0 Å². The largest absolute Gasteiger partial charge is 0.467 e. The third-order valence-corrected chi connectivity index (χ3v) is 3.39. The van der Waals surface area contributed by atoms with Crippen molar-refractivity contribution < 1.29 is 14.3 Å². The molecule has 2 rings (SSSR count). The van der Waals surface area contributed by atoms with Gasteiger partial charge in [-0.2, -0.15) is 0 Å². The Morgan fingerprint density at radius 3 is 2.63 bits per heavy atom. The second-order valence-corrected chi connectivity index (χ2v) is 5.26. The van der Waals surface area contributed by atoms with Gasteiger partial charge < -0.3 is 9.64 Å². The number of hydrogen-bond acceptors (Lipinski definition) is 3. The van der Waals surface area contributed by atoms with Crippen LogP contribution in [-0.4, -0.2) is 29.9 Å². The summed E-state index contributed by atoms with van der Waals surface area (Å²) in [6.07, 6.45) is 0.617. The van der Waals surface area contributed by atoms with Crippen molar-refractivity contribution >= 4 is 11.9 Å². The molecule has 0 aromatic heterocycles. The number of hydrogen-bond donors (Lipinski definition) is 0. The molecule has 0 bridgehead atoms. The molecule has 102 valence electrons. The Labute approximate surface area is 113 Å². The van der Waals surface area contributed by atoms with E-state index in [1.807, 2.05) is 32.0 Å². The summed E-state index contributed by atoms with van der Waals surface area (Å²) in [5.74, 6) is -0.0953. The number of ether oxygens (including phenoxy) is 1. The van der Waals surface area contributed by atoms with E-state index >= 15 is 0 Å². The van der Waals surface area contributed by atoms with Gasteiger partial charge in [0, 0.05) is 12.1 Å². The van der Waals surface area contributed by atoms with Crippen molar-refractivity contribution in [2.75, 3.05) is 7.11 Å². The van der Waals surface area contributed by atoms with E-state index in [0.717, 1.165) is 5.56 Å². The summed E-state index contributed by atoms with van der Waals surface area (Å²) in [5.41, 5.74) is 1.67. The third-order valence-electron chi connectivity index (χ3n) is 3.39. The maximum absolute atomic E-state index is 12.4. The van der Waals surface area contributed by atoms with Crippen molar-refractivity contribution in [3.8, 4) is 0 Å². The van der Waals surface area contributed by atoms with Gasteiger partial charge in [0.25, 0.3) is 5.91 Å². The summed E-state index contributed by atoms with van der Waals surface area (Å²) in [4.78, 5) is 25.9. The molecule has 0 unspecified atom stereocenters. The normalized spacial score (nSPS) is 15.6. The first-order valence-electron chi connectivity index (χ1n) is 6.51. The minimum atomic E-state index is -0.495. The highest BCUT2D eigenvalue weighted by Crippen LogP contribution is 2.27. The molecule has 0 fully saturated rings. The van der Waals surface area contributed by atoms with Crippen LogP contribution in [0.2, 0.25) is 0 Å². The first-order valence-corrected chi connectivity index (χ1v) is 6.51. The summed E-state index contributed by atoms with van der Waals surface area (Å²) >= 11 is 0. The number of esters is 1. The average Bonchev–Trinajstić information content (AvgIpc) is 2.73. The second kappa shape index (κ2) is 5.43. The Kier molecular flexibility index (Phi) is 3.88. The van der Waals surface area contributed by atoms with Crippen LogP contribution in [0, 0.1) is 5.92 Å². The first-order chi connectivity index (χ1) is 9.04. The summed E-state index contributed by atoms with van der Waals surface area (Å²) in [6, 6.07) is 6.99. The minimum absolute atomic E-state index is 0.0772. The Morgan fingerprint density at radius 1 is 1.37 bits per heavy atom. The van der Waals surface area contributed by atoms with Gasteiger partial charge in [0.05, 0.1) is 7.11 Å². The summed E-state index contributed by atoms with van der Waals surface area (Å²) in [6.45, 7) is 4.55. The van der Waals surface area contributed by atoms with Crippen LogP contribution in [-0.2, 0) is 16.1 Å². The molecule has 1 heterocycles. The summed E-state index contributed by atoms with van der Waals surface area (Å²) in [7, 11) is 1.36. The fourth-order valence-electron chi connectivity index (χ4n) is 2.46. The van der Waals surface area contributed by atoms with Gasteiger partial charge in [0.1, 0.15) is 6.04 Å². The van der Waals surface area contributed by atoms with Crippen molar-refractivity contribution in [3.05, 3.63) is 35.4 Å². The van der Waals surface area contributed by atoms with Crippen molar-refractivity contribution in [1.29, 1.82) is 0 Å². The van der Waals surface area contributed by atoms with Crippen LogP contribution in [0.15, 0.2) is 24.3 Å². The van der Waals surface area contributed by atoms with Crippen LogP contribution in [0.25, 0.3) is 0 Å². The molecule has 1 amide bonds. The van der Waals surface area contributed by atoms with E-state index in [9.17, 15) is 9.59 Å². The number of amides is 1. The third kappa shape index (κ3) is 2.62. The van der Waals surface area contributed by atoms with E-state index in [1.54, 1.807) is 11.0 Å². The lowest BCUT2D eigenvalue weighted by Crippen LogP contribution is -2.42. The molecule has 1 aliphatic rings. The number of carbonyl (C=O) groups excluding carboxylic acids is 2. The van der Waals surface area contributed by atoms with Gasteiger partial charge in [0.2, 0.25) is 0 Å². The molecule has 0 saturated carbocycles. The minimum Gasteiger partial charge on any atom is -0.467 e. The van der Waals surface area contributed by atoms with Crippen LogP contribution in [0.4, 0.5) is 0 Å². The number of benzene rings is 1. The summed E-state index contributed by atoms with van der Waals surface area (Å²) < 4.78 is 4.84. The number of rotatable bonds is 4. The molecule has 0 radical (unpaired) electrons. The molecule has 4 nitrogen and oxygen atoms in total. The van der Waals surface area contributed by atoms with E-state index in [2.05, 4.69) is 0 Å². The molecular formula is C15H19NO3.